The second-order valence-electron chi connectivity index (χ2n) is 14.9. The number of aliphatic hydroxyl groups is 6. The molecule has 5 unspecified atom stereocenters. The fourth-order valence-electron chi connectivity index (χ4n) is 6.24. The molecule has 3 heterocycles. The van der Waals surface area contributed by atoms with Crippen LogP contribution in [0.15, 0.2) is 24.1 Å². The van der Waals surface area contributed by atoms with Gasteiger partial charge in [0.1, 0.15) is 5.76 Å². The van der Waals surface area contributed by atoms with Crippen molar-refractivity contribution in [1.29, 1.82) is 0 Å². The van der Waals surface area contributed by atoms with Gasteiger partial charge in [0.2, 0.25) is 0 Å². The van der Waals surface area contributed by atoms with Gasteiger partial charge in [-0.25, -0.2) is 34.6 Å². The van der Waals surface area contributed by atoms with E-state index in [4.69, 9.17) is 30.6 Å². The molecule has 3 aliphatic rings. The van der Waals surface area contributed by atoms with E-state index in [-0.39, 0.29) is 87.8 Å². The Morgan fingerprint density at radius 1 is 0.525 bits per heavy atom. The van der Waals surface area contributed by atoms with E-state index in [1.54, 1.807) is 6.08 Å². The van der Waals surface area contributed by atoms with Crippen LogP contribution in [0.5, 0.6) is 0 Å². The normalized spacial score (nSPS) is 19.7. The molecule has 0 saturated carbocycles. The summed E-state index contributed by atoms with van der Waals surface area (Å²) >= 11 is 0. The molecule has 0 amide bonds. The number of allylic oxidation sites excluding steroid dienone is 2. The Bertz CT molecular complexity index is 1270. The maximum Gasteiger partial charge on any atom is 1.00 e. The molecule has 6 rings (SSSR count). The predicted molar refractivity (Wildman–Crippen MR) is 225 cm³/mol. The molecule has 3 aromatic rings. The molecule has 9 nitrogen and oxygen atoms in total. The molecule has 0 aliphatic carbocycles. The van der Waals surface area contributed by atoms with Crippen LogP contribution in [0.4, 0.5) is 0 Å². The topological polar surface area (TPSA) is 164 Å². The van der Waals surface area contributed by atoms with Crippen molar-refractivity contribution in [2.75, 3.05) is 13.1 Å². The zero-order valence-electron chi connectivity index (χ0n) is 38.3. The molecule has 0 aromatic heterocycles. The van der Waals surface area contributed by atoms with Crippen LogP contribution < -0.4 is 23.6 Å². The summed E-state index contributed by atoms with van der Waals surface area (Å²) in [6.45, 7) is 34.4. The van der Waals surface area contributed by atoms with E-state index in [2.05, 4.69) is 120 Å². The summed E-state index contributed by atoms with van der Waals surface area (Å²) in [6, 6.07) is 0. The van der Waals surface area contributed by atoms with Gasteiger partial charge in [-0.3, -0.25) is 0 Å². The molecule has 59 heavy (non-hydrogen) atoms. The molecule has 6 N–H and O–H groups in total. The number of hydrogen-bond donors (Lipinski definition) is 6. The third-order valence-corrected chi connectivity index (χ3v) is 11.9. The molecular formula is C45H71FLiN3O6Rh3-10. The Kier molecular flexibility index (Phi) is 37.5. The SMILES string of the molecule is C[c-]1[c-](C)[c-](C)[c-](C)[c-]1C.Cc1c(C)c(C)[c-](C)c1C.Cc1c(C)c(C)[c-](C)c1C.OC1=CC=C[N-]C1O.OC1CCC[N-]C1O.OC1CCC[N-]C1O.[F-].[Li+].[Rh].[Rh].[Rh]. The van der Waals surface area contributed by atoms with Crippen molar-refractivity contribution in [1.82, 2.24) is 0 Å². The summed E-state index contributed by atoms with van der Waals surface area (Å²) in [5, 5.41) is 63.4. The first-order chi connectivity index (χ1) is 25.1. The van der Waals surface area contributed by atoms with Crippen molar-refractivity contribution >= 4 is 0 Å². The van der Waals surface area contributed by atoms with Crippen LogP contribution >= 0.6 is 0 Å². The van der Waals surface area contributed by atoms with Crippen LogP contribution in [0.2, 0.25) is 0 Å². The van der Waals surface area contributed by atoms with Crippen molar-refractivity contribution in [2.45, 2.75) is 160 Å². The Hall–Kier alpha value is -0.752. The van der Waals surface area contributed by atoms with E-state index in [1.807, 2.05) is 0 Å². The minimum Gasteiger partial charge on any atom is -1.00 e. The van der Waals surface area contributed by atoms with Gasteiger partial charge in [-0.15, -0.1) is 13.1 Å². The maximum absolute atomic E-state index is 8.83. The molecule has 0 bridgehead atoms. The van der Waals surface area contributed by atoms with Crippen molar-refractivity contribution in [2.24, 2.45) is 0 Å². The summed E-state index contributed by atoms with van der Waals surface area (Å²) in [5.74, 6) is -0.104. The fraction of sp³-hybridized carbons (Fsp3) is 0.578. The molecule has 3 aliphatic heterocycles. The summed E-state index contributed by atoms with van der Waals surface area (Å²) in [7, 11) is 0. The summed E-state index contributed by atoms with van der Waals surface area (Å²) in [5.41, 5.74) is 22.0. The van der Waals surface area contributed by atoms with Crippen LogP contribution in [0.25, 0.3) is 16.0 Å². The van der Waals surface area contributed by atoms with Crippen molar-refractivity contribution in [3.8, 4) is 0 Å². The molecule has 2 saturated heterocycles. The average Bonchev–Trinajstić information content (AvgIpc) is 3.52. The third kappa shape index (κ3) is 20.5. The van der Waals surface area contributed by atoms with Gasteiger partial charge in [0.15, 0.2) is 0 Å². The average molecular weight is 1080 g/mol. The number of piperidine rings is 2. The first kappa shape index (κ1) is 67.3. The van der Waals surface area contributed by atoms with Gasteiger partial charge >= 0.3 is 18.9 Å². The quantitative estimate of drug-likeness (QED) is 0.150. The standard InChI is InChI=1S/3C10H15.2C5H10NO2.C5H6NO2.FH.Li.3Rh/c3*1-6-7(2)9(4)10(5)8(6)3;3*7-4-2-1-3-6-5(4)8;;;;;/h3*1-5H3;2*4-5,7-8H,1-3H2;1-3,5,7-8H;1H;;;;/q-5;5*-1;;+1;;;/p-1. The molecule has 2 fully saturated rings. The van der Waals surface area contributed by atoms with Crippen LogP contribution in [-0.2, 0) is 58.4 Å². The Balaban J connectivity index is -0.000000195. The van der Waals surface area contributed by atoms with E-state index >= 15 is 0 Å². The monoisotopic (exact) mass is 1080 g/mol. The van der Waals surface area contributed by atoms with E-state index in [0.717, 1.165) is 12.8 Å². The second kappa shape index (κ2) is 32.9. The zero-order valence-corrected chi connectivity index (χ0v) is 43.2. The smallest absolute Gasteiger partial charge is 1.00 e. The molecule has 347 valence electrons. The van der Waals surface area contributed by atoms with E-state index in [9.17, 15) is 0 Å². The van der Waals surface area contributed by atoms with E-state index in [0.29, 0.717) is 25.9 Å². The molecule has 3 aromatic carbocycles. The summed E-state index contributed by atoms with van der Waals surface area (Å²) in [4.78, 5) is 0. The second-order valence-corrected chi connectivity index (χ2v) is 14.9. The first-order valence-electron chi connectivity index (χ1n) is 19.2. The van der Waals surface area contributed by atoms with Crippen molar-refractivity contribution in [3.05, 3.63) is 124 Å². The molecule has 0 spiro atoms. The van der Waals surface area contributed by atoms with Gasteiger partial charge in [0.25, 0.3) is 0 Å². The van der Waals surface area contributed by atoms with Crippen LogP contribution in [-0.4, -0.2) is 74.6 Å². The van der Waals surface area contributed by atoms with Crippen LogP contribution in [0.3, 0.4) is 0 Å². The number of halogens is 1. The van der Waals surface area contributed by atoms with Crippen molar-refractivity contribution < 1.29 is 113 Å². The number of nitrogens with zero attached hydrogens (tertiary/aromatic N) is 3. The molecule has 5 atom stereocenters. The number of hydrogen-bond acceptors (Lipinski definition) is 6. The summed E-state index contributed by atoms with van der Waals surface area (Å²) < 4.78 is 0. The van der Waals surface area contributed by atoms with Gasteiger partial charge in [-0.05, 0) is 31.4 Å². The third-order valence-electron chi connectivity index (χ3n) is 11.9. The minimum absolute atomic E-state index is 0. The maximum atomic E-state index is 8.83. The zero-order chi connectivity index (χ0) is 41.6. The van der Waals surface area contributed by atoms with Gasteiger partial charge < -0.3 is 79.1 Å². The minimum atomic E-state index is -1.04. The Morgan fingerprint density at radius 3 is 0.932 bits per heavy atom. The predicted octanol–water partition coefficient (Wildman–Crippen LogP) is 3.16. The van der Waals surface area contributed by atoms with Gasteiger partial charge in [-0.1, -0.05) is 88.2 Å². The van der Waals surface area contributed by atoms with E-state index < -0.39 is 30.9 Å². The Morgan fingerprint density at radius 2 is 0.797 bits per heavy atom. The molecular weight excluding hydrogens is 1010 g/mol. The van der Waals surface area contributed by atoms with Gasteiger partial charge in [0.05, 0.1) is 12.2 Å². The van der Waals surface area contributed by atoms with E-state index in [1.165, 1.54) is 95.7 Å². The Labute approximate surface area is 406 Å². The first-order valence-corrected chi connectivity index (χ1v) is 19.2. The largest absolute Gasteiger partial charge is 1.00 e. The number of aliphatic hydroxyl groups excluding tert-OH is 6. The van der Waals surface area contributed by atoms with Crippen LogP contribution in [0.1, 0.15) is 109 Å². The van der Waals surface area contributed by atoms with Crippen molar-refractivity contribution in [3.63, 3.8) is 0 Å². The molecule has 14 heteroatoms. The van der Waals surface area contributed by atoms with Gasteiger partial charge in [-0.2, -0.15) is 61.8 Å². The van der Waals surface area contributed by atoms with Crippen LogP contribution in [0, 0.1) is 104 Å². The number of rotatable bonds is 0. The fourth-order valence-corrected chi connectivity index (χ4v) is 6.24. The van der Waals surface area contributed by atoms with Gasteiger partial charge in [0, 0.05) is 64.7 Å². The summed E-state index contributed by atoms with van der Waals surface area (Å²) in [6.07, 6.45) is 3.68. The molecule has 3 radical (unpaired) electrons.